The fraction of sp³-hybridized carbons (Fsp3) is 0.391. The SMILES string of the molecule is CCN(CC)S(=O)(=O)c1ccc(N(C)C)c(NC(=O)C[C@H](NC(C)=O)c2ccccc2)c1. The van der Waals surface area contributed by atoms with E-state index in [0.717, 1.165) is 5.56 Å². The van der Waals surface area contributed by atoms with Gasteiger partial charge < -0.3 is 15.5 Å². The van der Waals surface area contributed by atoms with Crippen LogP contribution in [0.3, 0.4) is 0 Å². The Balaban J connectivity index is 2.35. The summed E-state index contributed by atoms with van der Waals surface area (Å²) in [4.78, 5) is 26.5. The number of carbonyl (C=O) groups is 2. The van der Waals surface area contributed by atoms with Gasteiger partial charge in [-0.15, -0.1) is 0 Å². The molecule has 9 heteroatoms. The van der Waals surface area contributed by atoms with E-state index < -0.39 is 16.1 Å². The summed E-state index contributed by atoms with van der Waals surface area (Å²) < 4.78 is 27.3. The summed E-state index contributed by atoms with van der Waals surface area (Å²) in [5, 5.41) is 5.64. The standard InChI is InChI=1S/C23H32N4O4S/c1-6-27(7-2)32(30,31)19-13-14-22(26(4)5)21(15-19)25-23(29)16-20(24-17(3)28)18-11-9-8-10-12-18/h8-15,20H,6-7,16H2,1-5H3,(H,24,28)(H,25,29)/t20-/m0/s1. The minimum atomic E-state index is -3.68. The van der Waals surface area contributed by atoms with E-state index in [1.165, 1.54) is 17.3 Å². The third-order valence-corrected chi connectivity index (χ3v) is 7.08. The fourth-order valence-electron chi connectivity index (χ4n) is 3.45. The molecule has 0 spiro atoms. The van der Waals surface area contributed by atoms with Gasteiger partial charge in [0.2, 0.25) is 21.8 Å². The summed E-state index contributed by atoms with van der Waals surface area (Å²) in [6.07, 6.45) is 0.00346. The predicted molar refractivity (Wildman–Crippen MR) is 127 cm³/mol. The Morgan fingerprint density at radius 3 is 2.16 bits per heavy atom. The summed E-state index contributed by atoms with van der Waals surface area (Å²) >= 11 is 0. The Morgan fingerprint density at radius 2 is 1.62 bits per heavy atom. The molecule has 0 aliphatic heterocycles. The molecule has 0 aromatic heterocycles. The van der Waals surface area contributed by atoms with Gasteiger partial charge in [0.05, 0.1) is 28.7 Å². The first-order valence-electron chi connectivity index (χ1n) is 10.5. The number of anilines is 2. The van der Waals surface area contributed by atoms with Crippen LogP contribution < -0.4 is 15.5 Å². The number of sulfonamides is 1. The molecule has 0 unspecified atom stereocenters. The van der Waals surface area contributed by atoms with Crippen LogP contribution in [0.25, 0.3) is 0 Å². The van der Waals surface area contributed by atoms with Gasteiger partial charge in [-0.05, 0) is 23.8 Å². The molecular weight excluding hydrogens is 428 g/mol. The highest BCUT2D eigenvalue weighted by molar-refractivity contribution is 7.89. The monoisotopic (exact) mass is 460 g/mol. The van der Waals surface area contributed by atoms with Gasteiger partial charge in [0, 0.05) is 34.1 Å². The number of rotatable bonds is 10. The molecule has 0 aliphatic carbocycles. The van der Waals surface area contributed by atoms with Gasteiger partial charge in [0.15, 0.2) is 0 Å². The lowest BCUT2D eigenvalue weighted by Gasteiger charge is -2.23. The third-order valence-electron chi connectivity index (χ3n) is 5.04. The van der Waals surface area contributed by atoms with Crippen LogP contribution in [0.4, 0.5) is 11.4 Å². The first kappa shape index (κ1) is 25.4. The molecule has 2 aromatic rings. The van der Waals surface area contributed by atoms with Crippen LogP contribution in [-0.4, -0.2) is 51.7 Å². The van der Waals surface area contributed by atoms with E-state index in [9.17, 15) is 18.0 Å². The van der Waals surface area contributed by atoms with Crippen molar-refractivity contribution in [3.05, 3.63) is 54.1 Å². The molecule has 0 saturated carbocycles. The first-order chi connectivity index (χ1) is 15.1. The van der Waals surface area contributed by atoms with Crippen molar-refractivity contribution in [3.8, 4) is 0 Å². The number of carbonyl (C=O) groups excluding carboxylic acids is 2. The maximum absolute atomic E-state index is 12.9. The van der Waals surface area contributed by atoms with Crippen LogP contribution in [0.5, 0.6) is 0 Å². The summed E-state index contributed by atoms with van der Waals surface area (Å²) in [6, 6.07) is 13.4. The van der Waals surface area contributed by atoms with Gasteiger partial charge in [-0.2, -0.15) is 4.31 Å². The molecule has 2 rings (SSSR count). The first-order valence-corrected chi connectivity index (χ1v) is 12.0. The molecule has 1 atom stereocenters. The Bertz CT molecular complexity index is 1040. The molecule has 8 nitrogen and oxygen atoms in total. The maximum atomic E-state index is 12.9. The summed E-state index contributed by atoms with van der Waals surface area (Å²) in [5.74, 6) is -0.582. The Morgan fingerprint density at radius 1 is 1.00 bits per heavy atom. The van der Waals surface area contributed by atoms with Crippen LogP contribution in [0.2, 0.25) is 0 Å². The second-order valence-electron chi connectivity index (χ2n) is 7.58. The van der Waals surface area contributed by atoms with Crippen molar-refractivity contribution < 1.29 is 18.0 Å². The Labute approximate surface area is 190 Å². The van der Waals surface area contributed by atoms with Gasteiger partial charge in [0.25, 0.3) is 0 Å². The quantitative estimate of drug-likeness (QED) is 0.568. The number of nitrogens with one attached hydrogen (secondary N) is 2. The van der Waals surface area contributed by atoms with Crippen molar-refractivity contribution in [1.29, 1.82) is 0 Å². The van der Waals surface area contributed by atoms with E-state index in [0.29, 0.717) is 24.5 Å². The van der Waals surface area contributed by atoms with Gasteiger partial charge in [0.1, 0.15) is 0 Å². The van der Waals surface area contributed by atoms with E-state index >= 15 is 0 Å². The van der Waals surface area contributed by atoms with Crippen molar-refractivity contribution in [2.45, 2.75) is 38.1 Å². The number of hydrogen-bond acceptors (Lipinski definition) is 5. The average Bonchev–Trinajstić information content (AvgIpc) is 2.74. The molecule has 0 aliphatic rings. The average molecular weight is 461 g/mol. The number of benzene rings is 2. The van der Waals surface area contributed by atoms with Crippen LogP contribution in [-0.2, 0) is 19.6 Å². The van der Waals surface area contributed by atoms with E-state index in [4.69, 9.17) is 0 Å². The van der Waals surface area contributed by atoms with Gasteiger partial charge in [-0.1, -0.05) is 44.2 Å². The number of amides is 2. The lowest BCUT2D eigenvalue weighted by Crippen LogP contribution is -2.31. The fourth-order valence-corrected chi connectivity index (χ4v) is 4.93. The lowest BCUT2D eigenvalue weighted by molar-refractivity contribution is -0.120. The lowest BCUT2D eigenvalue weighted by atomic mass is 10.0. The topological polar surface area (TPSA) is 98.8 Å². The summed E-state index contributed by atoms with van der Waals surface area (Å²) in [7, 11) is -0.0511. The molecule has 32 heavy (non-hydrogen) atoms. The minimum Gasteiger partial charge on any atom is -0.376 e. The molecule has 0 fully saturated rings. The number of nitrogens with zero attached hydrogens (tertiary/aromatic N) is 2. The minimum absolute atomic E-state index is 0.00346. The van der Waals surface area contributed by atoms with Gasteiger partial charge in [-0.3, -0.25) is 9.59 Å². The highest BCUT2D eigenvalue weighted by atomic mass is 32.2. The summed E-state index contributed by atoms with van der Waals surface area (Å²) in [5.41, 5.74) is 1.87. The van der Waals surface area contributed by atoms with Crippen LogP contribution >= 0.6 is 0 Å². The van der Waals surface area contributed by atoms with Crippen LogP contribution in [0.15, 0.2) is 53.4 Å². The molecular formula is C23H32N4O4S. The largest absolute Gasteiger partial charge is 0.376 e. The van der Waals surface area contributed by atoms with Crippen molar-refractivity contribution in [1.82, 2.24) is 9.62 Å². The molecule has 2 aromatic carbocycles. The van der Waals surface area contributed by atoms with Gasteiger partial charge in [-0.25, -0.2) is 8.42 Å². The van der Waals surface area contributed by atoms with Crippen molar-refractivity contribution in [2.75, 3.05) is 37.4 Å². The van der Waals surface area contributed by atoms with Crippen molar-refractivity contribution in [3.63, 3.8) is 0 Å². The highest BCUT2D eigenvalue weighted by Crippen LogP contribution is 2.30. The summed E-state index contributed by atoms with van der Waals surface area (Å²) in [6.45, 7) is 5.67. The van der Waals surface area contributed by atoms with Crippen molar-refractivity contribution in [2.24, 2.45) is 0 Å². The highest BCUT2D eigenvalue weighted by Gasteiger charge is 2.24. The zero-order chi connectivity index (χ0) is 23.9. The molecule has 2 amide bonds. The predicted octanol–water partition coefficient (Wildman–Crippen LogP) is 2.99. The van der Waals surface area contributed by atoms with Crippen molar-refractivity contribution >= 4 is 33.2 Å². The van der Waals surface area contributed by atoms with E-state index in [2.05, 4.69) is 10.6 Å². The molecule has 174 valence electrons. The zero-order valence-electron chi connectivity index (χ0n) is 19.3. The molecule has 0 heterocycles. The van der Waals surface area contributed by atoms with E-state index in [1.54, 1.807) is 30.9 Å². The van der Waals surface area contributed by atoms with E-state index in [1.807, 2.05) is 44.4 Å². The Hall–Kier alpha value is -2.91. The van der Waals surface area contributed by atoms with Gasteiger partial charge >= 0.3 is 0 Å². The van der Waals surface area contributed by atoms with E-state index in [-0.39, 0.29) is 23.1 Å². The second-order valence-corrected chi connectivity index (χ2v) is 9.52. The van der Waals surface area contributed by atoms with Crippen LogP contribution in [0, 0.1) is 0 Å². The van der Waals surface area contributed by atoms with Crippen LogP contribution in [0.1, 0.15) is 38.8 Å². The Kier molecular flexibility index (Phi) is 8.80. The third kappa shape index (κ3) is 6.30. The second kappa shape index (κ2) is 11.1. The molecule has 0 saturated heterocycles. The maximum Gasteiger partial charge on any atom is 0.243 e. The molecule has 0 radical (unpaired) electrons. The molecule has 0 bridgehead atoms. The number of hydrogen-bond donors (Lipinski definition) is 2. The smallest absolute Gasteiger partial charge is 0.243 e. The molecule has 2 N–H and O–H groups in total. The normalized spacial score (nSPS) is 12.3. The zero-order valence-corrected chi connectivity index (χ0v) is 20.1.